The minimum absolute atomic E-state index is 0.198. The highest BCUT2D eigenvalue weighted by Crippen LogP contribution is 2.24. The molecule has 0 aliphatic carbocycles. The van der Waals surface area contributed by atoms with Crippen LogP contribution in [0.25, 0.3) is 17.5 Å². The fourth-order valence-corrected chi connectivity index (χ4v) is 3.83. The van der Waals surface area contributed by atoms with Gasteiger partial charge in [-0.15, -0.1) is 10.2 Å². The van der Waals surface area contributed by atoms with Crippen molar-refractivity contribution in [1.29, 1.82) is 0 Å². The van der Waals surface area contributed by atoms with Gasteiger partial charge in [-0.3, -0.25) is 4.79 Å². The van der Waals surface area contributed by atoms with Gasteiger partial charge < -0.3 is 4.57 Å². The molecule has 1 heterocycles. The SMILES string of the molecule is CCn1c(SCC(=O)N/N=C/C(Br)=C/c2ccccc2)nnc1-c1ccc(C)cc1. The zero-order valence-corrected chi connectivity index (χ0v) is 19.2. The van der Waals surface area contributed by atoms with Gasteiger partial charge in [-0.25, -0.2) is 5.43 Å². The van der Waals surface area contributed by atoms with E-state index in [1.165, 1.54) is 17.3 Å². The monoisotopic (exact) mass is 483 g/mol. The summed E-state index contributed by atoms with van der Waals surface area (Å²) in [7, 11) is 0. The Labute approximate surface area is 188 Å². The van der Waals surface area contributed by atoms with Crippen molar-refractivity contribution in [2.24, 2.45) is 5.10 Å². The van der Waals surface area contributed by atoms with Crippen LogP contribution in [0.1, 0.15) is 18.1 Å². The van der Waals surface area contributed by atoms with Crippen molar-refractivity contribution in [3.8, 4) is 11.4 Å². The molecule has 1 N–H and O–H groups in total. The van der Waals surface area contributed by atoms with E-state index in [0.29, 0.717) is 5.16 Å². The van der Waals surface area contributed by atoms with Gasteiger partial charge >= 0.3 is 0 Å². The highest BCUT2D eigenvalue weighted by molar-refractivity contribution is 9.12. The number of benzene rings is 2. The molecule has 154 valence electrons. The number of hydrogen-bond donors (Lipinski definition) is 1. The first-order valence-corrected chi connectivity index (χ1v) is 11.2. The first-order valence-electron chi connectivity index (χ1n) is 9.44. The Morgan fingerprint density at radius 3 is 2.60 bits per heavy atom. The fraction of sp³-hybridized carbons (Fsp3) is 0.182. The van der Waals surface area contributed by atoms with Crippen molar-refractivity contribution in [2.45, 2.75) is 25.5 Å². The summed E-state index contributed by atoms with van der Waals surface area (Å²) in [5.74, 6) is 0.788. The Morgan fingerprint density at radius 1 is 1.17 bits per heavy atom. The minimum atomic E-state index is -0.209. The molecular formula is C22H22BrN5OS. The number of nitrogens with zero attached hydrogens (tertiary/aromatic N) is 4. The molecule has 1 aromatic heterocycles. The van der Waals surface area contributed by atoms with Crippen LogP contribution in [0, 0.1) is 6.92 Å². The molecule has 30 heavy (non-hydrogen) atoms. The lowest BCUT2D eigenvalue weighted by Gasteiger charge is -2.07. The number of carbonyl (C=O) groups excluding carboxylic acids is 1. The molecule has 0 aliphatic rings. The van der Waals surface area contributed by atoms with E-state index in [1.807, 2.05) is 79.1 Å². The summed E-state index contributed by atoms with van der Waals surface area (Å²) >= 11 is 4.76. The van der Waals surface area contributed by atoms with E-state index >= 15 is 0 Å². The predicted octanol–water partition coefficient (Wildman–Crippen LogP) is 4.90. The zero-order valence-electron chi connectivity index (χ0n) is 16.7. The van der Waals surface area contributed by atoms with Gasteiger partial charge in [-0.2, -0.15) is 5.10 Å². The van der Waals surface area contributed by atoms with E-state index < -0.39 is 0 Å². The highest BCUT2D eigenvalue weighted by Gasteiger charge is 2.14. The van der Waals surface area contributed by atoms with Crippen LogP contribution in [0.5, 0.6) is 0 Å². The third-order valence-electron chi connectivity index (χ3n) is 4.16. The van der Waals surface area contributed by atoms with Gasteiger partial charge in [-0.1, -0.05) is 71.9 Å². The molecule has 0 unspecified atom stereocenters. The molecule has 0 radical (unpaired) electrons. The number of allylic oxidation sites excluding steroid dienone is 1. The van der Waals surface area contributed by atoms with Crippen LogP contribution < -0.4 is 5.43 Å². The van der Waals surface area contributed by atoms with Gasteiger partial charge in [0, 0.05) is 16.6 Å². The molecule has 1 amide bonds. The maximum absolute atomic E-state index is 12.1. The van der Waals surface area contributed by atoms with Crippen LogP contribution in [0.4, 0.5) is 0 Å². The molecule has 2 aromatic carbocycles. The molecule has 0 saturated carbocycles. The van der Waals surface area contributed by atoms with Gasteiger partial charge in [0.05, 0.1) is 12.0 Å². The Morgan fingerprint density at radius 2 is 1.90 bits per heavy atom. The summed E-state index contributed by atoms with van der Waals surface area (Å²) in [5.41, 5.74) is 5.77. The molecule has 0 aliphatic heterocycles. The molecule has 0 spiro atoms. The maximum atomic E-state index is 12.1. The van der Waals surface area contributed by atoms with E-state index in [2.05, 4.69) is 36.7 Å². The molecule has 0 atom stereocenters. The second kappa shape index (κ2) is 10.9. The van der Waals surface area contributed by atoms with Crippen LogP contribution in [-0.4, -0.2) is 32.6 Å². The second-order valence-corrected chi connectivity index (χ2v) is 8.30. The summed E-state index contributed by atoms with van der Waals surface area (Å²) in [6, 6.07) is 18.0. The van der Waals surface area contributed by atoms with Crippen LogP contribution >= 0.6 is 27.7 Å². The van der Waals surface area contributed by atoms with Crippen LogP contribution in [0.2, 0.25) is 0 Å². The number of nitrogens with one attached hydrogen (secondary N) is 1. The Kier molecular flexibility index (Phi) is 7.98. The lowest BCUT2D eigenvalue weighted by molar-refractivity contribution is -0.118. The lowest BCUT2D eigenvalue weighted by atomic mass is 10.1. The number of aryl methyl sites for hydroxylation is 1. The van der Waals surface area contributed by atoms with E-state index in [0.717, 1.165) is 28.0 Å². The largest absolute Gasteiger partial charge is 0.302 e. The molecule has 6 nitrogen and oxygen atoms in total. The van der Waals surface area contributed by atoms with Crippen molar-refractivity contribution in [2.75, 3.05) is 5.75 Å². The maximum Gasteiger partial charge on any atom is 0.250 e. The second-order valence-electron chi connectivity index (χ2n) is 6.44. The fourth-order valence-electron chi connectivity index (χ4n) is 2.67. The van der Waals surface area contributed by atoms with Gasteiger partial charge in [-0.05, 0) is 41.4 Å². The van der Waals surface area contributed by atoms with Crippen molar-refractivity contribution in [3.63, 3.8) is 0 Å². The minimum Gasteiger partial charge on any atom is -0.302 e. The number of hydrogen-bond acceptors (Lipinski definition) is 5. The third kappa shape index (κ3) is 6.14. The van der Waals surface area contributed by atoms with Crippen molar-refractivity contribution in [3.05, 3.63) is 70.2 Å². The summed E-state index contributed by atoms with van der Waals surface area (Å²) < 4.78 is 2.76. The molecule has 3 aromatic rings. The summed E-state index contributed by atoms with van der Waals surface area (Å²) in [6.45, 7) is 4.80. The van der Waals surface area contributed by atoms with Crippen molar-refractivity contribution < 1.29 is 4.79 Å². The Hall–Kier alpha value is -2.71. The topological polar surface area (TPSA) is 72.2 Å². The molecule has 8 heteroatoms. The quantitative estimate of drug-likeness (QED) is 0.280. The van der Waals surface area contributed by atoms with Crippen molar-refractivity contribution >= 4 is 45.9 Å². The number of hydrazone groups is 1. The van der Waals surface area contributed by atoms with Gasteiger partial charge in [0.1, 0.15) is 0 Å². The van der Waals surface area contributed by atoms with Crippen LogP contribution in [-0.2, 0) is 11.3 Å². The average molecular weight is 484 g/mol. The zero-order chi connectivity index (χ0) is 21.3. The Balaban J connectivity index is 1.56. The average Bonchev–Trinajstić information content (AvgIpc) is 3.16. The number of halogens is 1. The first kappa shape index (κ1) is 22.0. The predicted molar refractivity (Wildman–Crippen MR) is 127 cm³/mol. The van der Waals surface area contributed by atoms with Gasteiger partial charge in [0.15, 0.2) is 11.0 Å². The van der Waals surface area contributed by atoms with E-state index in [9.17, 15) is 4.79 Å². The number of aromatic nitrogens is 3. The number of amides is 1. The summed E-state index contributed by atoms with van der Waals surface area (Å²) in [4.78, 5) is 12.1. The standard InChI is InChI=1S/C22H22BrN5OS/c1-3-28-21(18-11-9-16(2)10-12-18)26-27-22(28)30-15-20(29)25-24-14-19(23)13-17-7-5-4-6-8-17/h4-14H,3,15H2,1-2H3,(H,25,29)/b19-13-,24-14+. The number of rotatable bonds is 8. The number of carbonyl (C=O) groups is 1. The van der Waals surface area contributed by atoms with E-state index in [-0.39, 0.29) is 11.7 Å². The third-order valence-corrected chi connectivity index (χ3v) is 5.56. The van der Waals surface area contributed by atoms with Crippen LogP contribution in [0.3, 0.4) is 0 Å². The smallest absolute Gasteiger partial charge is 0.250 e. The van der Waals surface area contributed by atoms with E-state index in [4.69, 9.17) is 0 Å². The van der Waals surface area contributed by atoms with Crippen LogP contribution in [0.15, 0.2) is 69.3 Å². The molecule has 0 fully saturated rings. The van der Waals surface area contributed by atoms with Crippen molar-refractivity contribution in [1.82, 2.24) is 20.2 Å². The van der Waals surface area contributed by atoms with Gasteiger partial charge in [0.25, 0.3) is 5.91 Å². The highest BCUT2D eigenvalue weighted by atomic mass is 79.9. The molecular weight excluding hydrogens is 462 g/mol. The van der Waals surface area contributed by atoms with E-state index in [1.54, 1.807) is 6.21 Å². The van der Waals surface area contributed by atoms with Gasteiger partial charge in [0.2, 0.25) is 0 Å². The number of thioether (sulfide) groups is 1. The normalized spacial score (nSPS) is 11.8. The summed E-state index contributed by atoms with van der Waals surface area (Å²) in [6.07, 6.45) is 3.47. The summed E-state index contributed by atoms with van der Waals surface area (Å²) in [5, 5.41) is 13.3. The molecule has 0 saturated heterocycles. The molecule has 3 rings (SSSR count). The molecule has 0 bridgehead atoms. The first-order chi connectivity index (χ1) is 14.6. The Bertz CT molecular complexity index is 1050. The lowest BCUT2D eigenvalue weighted by Crippen LogP contribution is -2.19.